The molecule has 0 aliphatic carbocycles. The molecule has 2 fully saturated rings. The Morgan fingerprint density at radius 2 is 1.91 bits per heavy atom. The van der Waals surface area contributed by atoms with Crippen LogP contribution in [0.25, 0.3) is 16.8 Å². The summed E-state index contributed by atoms with van der Waals surface area (Å²) in [6.07, 6.45) is 2.01. The Hall–Kier alpha value is -3.94. The van der Waals surface area contributed by atoms with E-state index in [9.17, 15) is 20.3 Å². The highest BCUT2D eigenvalue weighted by molar-refractivity contribution is 6.02. The molecule has 53 heavy (non-hydrogen) atoms. The van der Waals surface area contributed by atoms with E-state index >= 15 is 0 Å². The summed E-state index contributed by atoms with van der Waals surface area (Å²) >= 11 is 0. The average molecular weight is 734 g/mol. The van der Waals surface area contributed by atoms with Gasteiger partial charge in [-0.25, -0.2) is 4.68 Å². The van der Waals surface area contributed by atoms with Crippen LogP contribution in [0.3, 0.4) is 0 Å². The van der Waals surface area contributed by atoms with Crippen LogP contribution in [0.2, 0.25) is 0 Å². The molecular weight excluding hydrogens is 678 g/mol. The number of hydrogen-bond donors (Lipinski definition) is 4. The summed E-state index contributed by atoms with van der Waals surface area (Å²) in [6, 6.07) is 14.2. The first kappa shape index (κ1) is 40.2. The summed E-state index contributed by atoms with van der Waals surface area (Å²) in [5.41, 5.74) is 1.37. The molecule has 2 aliphatic rings. The Bertz CT molecular complexity index is 1730. The number of anilines is 1. The van der Waals surface area contributed by atoms with Crippen molar-refractivity contribution in [1.29, 1.82) is 5.26 Å². The van der Waals surface area contributed by atoms with Crippen LogP contribution in [0.5, 0.6) is 0 Å². The van der Waals surface area contributed by atoms with Crippen molar-refractivity contribution in [3.05, 3.63) is 59.4 Å². The van der Waals surface area contributed by atoms with E-state index in [1.54, 1.807) is 17.0 Å². The first-order valence-corrected chi connectivity index (χ1v) is 18.5. The predicted molar refractivity (Wildman–Crippen MR) is 201 cm³/mol. The maximum Gasteiger partial charge on any atom is 0.262 e. The Morgan fingerprint density at radius 1 is 1.15 bits per heavy atom. The van der Waals surface area contributed by atoms with Crippen LogP contribution in [0, 0.1) is 11.3 Å². The van der Waals surface area contributed by atoms with Crippen LogP contribution in [0.15, 0.2) is 48.2 Å². The van der Waals surface area contributed by atoms with Crippen molar-refractivity contribution in [2.45, 2.75) is 95.7 Å². The van der Waals surface area contributed by atoms with Gasteiger partial charge in [0.25, 0.3) is 5.91 Å². The van der Waals surface area contributed by atoms with Crippen LogP contribution in [-0.2, 0) is 36.7 Å². The number of aliphatic hydroxyl groups excluding tert-OH is 2. The second kappa shape index (κ2) is 18.4. The van der Waals surface area contributed by atoms with Crippen molar-refractivity contribution >= 4 is 28.4 Å². The highest BCUT2D eigenvalue weighted by atomic mass is 16.7. The quantitative estimate of drug-likeness (QED) is 0.118. The average Bonchev–Trinajstić information content (AvgIpc) is 3.58. The number of amides is 1. The fourth-order valence-electron chi connectivity index (χ4n) is 6.52. The molecule has 1 amide bonds. The fourth-order valence-corrected chi connectivity index (χ4v) is 6.52. The predicted octanol–water partition coefficient (Wildman–Crippen LogP) is 3.28. The summed E-state index contributed by atoms with van der Waals surface area (Å²) in [6.45, 7) is 13.8. The number of nitrogens with one attached hydrogen (secondary N) is 2. The van der Waals surface area contributed by atoms with Crippen molar-refractivity contribution in [2.75, 3.05) is 58.4 Å². The number of carbonyl (C=O) groups is 1. The van der Waals surface area contributed by atoms with E-state index in [1.807, 2.05) is 52.0 Å². The van der Waals surface area contributed by atoms with Gasteiger partial charge < -0.3 is 39.8 Å². The van der Waals surface area contributed by atoms with E-state index in [4.69, 9.17) is 18.9 Å². The van der Waals surface area contributed by atoms with E-state index < -0.39 is 41.6 Å². The van der Waals surface area contributed by atoms with Gasteiger partial charge in [-0.3, -0.25) is 9.69 Å². The van der Waals surface area contributed by atoms with Gasteiger partial charge in [0.15, 0.2) is 6.29 Å². The SMILES string of the molecule is CCC(C)(Cc1cn(C[C@H]2O[C@H](OC)C[C@@H](O)[C@@H]2O)nn1)OCCC(C)(C)NC(=O)/C(C#N)=C/c1ccc2cc(NCCN3CCOCC3)ccc2c1. The number of fused-ring (bicyclic) bond motifs is 1. The van der Waals surface area contributed by atoms with Crippen molar-refractivity contribution < 1.29 is 34.0 Å². The Labute approximate surface area is 312 Å². The molecule has 1 unspecified atom stereocenters. The summed E-state index contributed by atoms with van der Waals surface area (Å²) in [5.74, 6) is -0.441. The number of carbonyl (C=O) groups excluding carboxylic acids is 1. The molecule has 5 atom stereocenters. The standard InChI is InChI=1S/C39H55N7O7/c1-6-39(4,23-32-25-46(44-43-32)26-34-36(48)33(47)22-35(50-5)53-34)52-16-11-38(2,3)42-37(49)30(24-40)20-27-7-8-29-21-31(10-9-28(29)19-27)41-12-13-45-14-17-51-18-15-45/h7-10,19-21,25,33-36,41,47-48H,6,11-18,22-23,26H2,1-5H3,(H,42,49)/b30-20+/t33-,34-,35+,36+,39?/m1/s1. The Morgan fingerprint density at radius 3 is 2.64 bits per heavy atom. The maximum atomic E-state index is 13.3. The minimum absolute atomic E-state index is 0.0274. The summed E-state index contributed by atoms with van der Waals surface area (Å²) in [4.78, 5) is 15.7. The lowest BCUT2D eigenvalue weighted by Gasteiger charge is -2.36. The molecular formula is C39H55N7O7. The van der Waals surface area contributed by atoms with Gasteiger partial charge >= 0.3 is 0 Å². The van der Waals surface area contributed by atoms with Crippen LogP contribution in [0.4, 0.5) is 5.69 Å². The number of nitriles is 1. The van der Waals surface area contributed by atoms with Crippen molar-refractivity contribution in [3.63, 3.8) is 0 Å². The summed E-state index contributed by atoms with van der Waals surface area (Å²) in [5, 5.41) is 47.6. The topological polar surface area (TPSA) is 176 Å². The van der Waals surface area contributed by atoms with Gasteiger partial charge in [-0.15, -0.1) is 5.10 Å². The van der Waals surface area contributed by atoms with E-state index in [1.165, 1.54) is 7.11 Å². The number of nitrogens with zero attached hydrogens (tertiary/aromatic N) is 5. The molecule has 2 saturated heterocycles. The smallest absolute Gasteiger partial charge is 0.262 e. The molecule has 1 aromatic heterocycles. The molecule has 14 heteroatoms. The van der Waals surface area contributed by atoms with Crippen molar-refractivity contribution in [1.82, 2.24) is 25.2 Å². The third-order valence-electron chi connectivity index (χ3n) is 10.1. The zero-order valence-corrected chi connectivity index (χ0v) is 31.6. The number of morpholine rings is 1. The third kappa shape index (κ3) is 11.5. The molecule has 0 spiro atoms. The van der Waals surface area contributed by atoms with Gasteiger partial charge in [-0.2, -0.15) is 5.26 Å². The highest BCUT2D eigenvalue weighted by Crippen LogP contribution is 2.25. The highest BCUT2D eigenvalue weighted by Gasteiger charge is 2.37. The number of benzene rings is 2. The summed E-state index contributed by atoms with van der Waals surface area (Å²) < 4.78 is 24.4. The van der Waals surface area contributed by atoms with Gasteiger partial charge in [0.05, 0.1) is 37.2 Å². The van der Waals surface area contributed by atoms with Crippen LogP contribution in [-0.4, -0.2) is 125 Å². The lowest BCUT2D eigenvalue weighted by molar-refractivity contribution is -0.245. The number of hydrogen-bond acceptors (Lipinski definition) is 12. The first-order valence-electron chi connectivity index (χ1n) is 18.5. The largest absolute Gasteiger partial charge is 0.390 e. The molecule has 288 valence electrons. The fraction of sp³-hybridized carbons (Fsp3) is 0.590. The van der Waals surface area contributed by atoms with Gasteiger partial charge in [-0.1, -0.05) is 30.3 Å². The zero-order valence-electron chi connectivity index (χ0n) is 31.6. The number of aliphatic hydroxyl groups is 2. The lowest BCUT2D eigenvalue weighted by Crippen LogP contribution is -2.50. The number of aromatic nitrogens is 3. The molecule has 0 bridgehead atoms. The Balaban J connectivity index is 1.10. The molecule has 2 aromatic carbocycles. The van der Waals surface area contributed by atoms with E-state index in [0.29, 0.717) is 31.6 Å². The summed E-state index contributed by atoms with van der Waals surface area (Å²) in [7, 11) is 1.50. The molecule has 0 radical (unpaired) electrons. The van der Waals surface area contributed by atoms with E-state index in [2.05, 4.69) is 44.0 Å². The number of rotatable bonds is 17. The van der Waals surface area contributed by atoms with Gasteiger partial charge in [0.1, 0.15) is 23.9 Å². The van der Waals surface area contributed by atoms with Crippen LogP contribution < -0.4 is 10.6 Å². The normalized spacial score (nSPS) is 22.6. The molecule has 3 heterocycles. The van der Waals surface area contributed by atoms with Gasteiger partial charge in [0, 0.05) is 70.2 Å². The second-order valence-corrected chi connectivity index (χ2v) is 14.9. The van der Waals surface area contributed by atoms with Crippen molar-refractivity contribution in [2.24, 2.45) is 0 Å². The maximum absolute atomic E-state index is 13.3. The second-order valence-electron chi connectivity index (χ2n) is 14.9. The molecule has 2 aliphatic heterocycles. The van der Waals surface area contributed by atoms with Gasteiger partial charge in [-0.05, 0) is 74.2 Å². The van der Waals surface area contributed by atoms with Crippen LogP contribution >= 0.6 is 0 Å². The van der Waals surface area contributed by atoms with Crippen molar-refractivity contribution in [3.8, 4) is 6.07 Å². The number of ether oxygens (including phenoxy) is 4. The van der Waals surface area contributed by atoms with E-state index in [-0.39, 0.29) is 18.5 Å². The molecule has 0 saturated carbocycles. The molecule has 3 aromatic rings. The minimum atomic E-state index is -1.06. The van der Waals surface area contributed by atoms with Crippen LogP contribution in [0.1, 0.15) is 58.2 Å². The Kier molecular flexibility index (Phi) is 14.0. The lowest BCUT2D eigenvalue weighted by atomic mass is 9.96. The molecule has 4 N–H and O–H groups in total. The third-order valence-corrected chi connectivity index (χ3v) is 10.1. The first-order chi connectivity index (χ1) is 25.4. The molecule has 14 nitrogen and oxygen atoms in total. The minimum Gasteiger partial charge on any atom is -0.390 e. The van der Waals surface area contributed by atoms with Gasteiger partial charge in [0.2, 0.25) is 0 Å². The molecule has 5 rings (SSSR count). The number of methoxy groups -OCH3 is 1. The van der Waals surface area contributed by atoms with E-state index in [0.717, 1.165) is 61.4 Å². The zero-order chi connectivity index (χ0) is 38.0. The monoisotopic (exact) mass is 733 g/mol.